The van der Waals surface area contributed by atoms with Gasteiger partial charge in [-0.15, -0.1) is 0 Å². The number of nitrogens with one attached hydrogen (secondary N) is 1. The van der Waals surface area contributed by atoms with Gasteiger partial charge < -0.3 is 15.8 Å². The average Bonchev–Trinajstić information content (AvgIpc) is 2.84. The van der Waals surface area contributed by atoms with Crippen LogP contribution in [0.3, 0.4) is 0 Å². The van der Waals surface area contributed by atoms with Crippen LogP contribution in [0.2, 0.25) is 0 Å². The van der Waals surface area contributed by atoms with Gasteiger partial charge in [-0.25, -0.2) is 19.7 Å². The van der Waals surface area contributed by atoms with E-state index in [2.05, 4.69) is 20.3 Å². The van der Waals surface area contributed by atoms with E-state index in [1.165, 1.54) is 0 Å². The number of carbonyl (C=O) groups excluding carboxylic acids is 1. The Morgan fingerprint density at radius 3 is 2.58 bits per heavy atom. The molecular formula is C25H24N6O2. The highest BCUT2D eigenvalue weighted by atomic mass is 16.5. The van der Waals surface area contributed by atoms with Crippen molar-refractivity contribution in [3.63, 3.8) is 0 Å². The molecule has 0 spiro atoms. The van der Waals surface area contributed by atoms with E-state index >= 15 is 0 Å². The first kappa shape index (κ1) is 21.8. The summed E-state index contributed by atoms with van der Waals surface area (Å²) in [6.45, 7) is 2.29. The largest absolute Gasteiger partial charge is 0.438 e. The molecule has 0 atom stereocenters. The minimum absolute atomic E-state index is 0.378. The lowest BCUT2D eigenvalue weighted by molar-refractivity contribution is 0.253. The Balaban J connectivity index is 1.61. The van der Waals surface area contributed by atoms with Gasteiger partial charge in [-0.3, -0.25) is 4.90 Å². The predicted molar refractivity (Wildman–Crippen MR) is 128 cm³/mol. The Hall–Kier alpha value is -4.46. The van der Waals surface area contributed by atoms with Crippen molar-refractivity contribution in [2.45, 2.75) is 13.5 Å². The fourth-order valence-corrected chi connectivity index (χ4v) is 3.45. The highest BCUT2D eigenvalue weighted by Crippen LogP contribution is 2.33. The van der Waals surface area contributed by atoms with E-state index in [0.717, 1.165) is 22.4 Å². The van der Waals surface area contributed by atoms with Gasteiger partial charge in [-0.1, -0.05) is 30.3 Å². The first-order valence-corrected chi connectivity index (χ1v) is 10.4. The fourth-order valence-electron chi connectivity index (χ4n) is 3.45. The molecular weight excluding hydrogens is 416 g/mol. The SMILES string of the molecule is CNc1nccc(-c2cccnc2Oc2ccc(N(Cc3ccccc3)C(N)=O)c(C)c2)n1. The summed E-state index contributed by atoms with van der Waals surface area (Å²) in [6, 6.07) is 20.2. The number of pyridine rings is 1. The van der Waals surface area contributed by atoms with Gasteiger partial charge in [0, 0.05) is 25.1 Å². The molecule has 33 heavy (non-hydrogen) atoms. The summed E-state index contributed by atoms with van der Waals surface area (Å²) in [4.78, 5) is 26.7. The van der Waals surface area contributed by atoms with Crippen molar-refractivity contribution in [3.05, 3.63) is 90.3 Å². The van der Waals surface area contributed by atoms with Crippen LogP contribution in [0.25, 0.3) is 11.3 Å². The third-order valence-electron chi connectivity index (χ3n) is 5.05. The summed E-state index contributed by atoms with van der Waals surface area (Å²) in [5, 5.41) is 2.93. The topological polar surface area (TPSA) is 106 Å². The van der Waals surface area contributed by atoms with Crippen molar-refractivity contribution < 1.29 is 9.53 Å². The molecule has 0 aliphatic rings. The van der Waals surface area contributed by atoms with Crippen LogP contribution in [0.1, 0.15) is 11.1 Å². The summed E-state index contributed by atoms with van der Waals surface area (Å²) in [6.07, 6.45) is 3.34. The summed E-state index contributed by atoms with van der Waals surface area (Å²) in [5.41, 5.74) is 9.66. The van der Waals surface area contributed by atoms with Crippen molar-refractivity contribution >= 4 is 17.7 Å². The molecule has 0 saturated heterocycles. The van der Waals surface area contributed by atoms with E-state index in [1.54, 1.807) is 36.5 Å². The summed E-state index contributed by atoms with van der Waals surface area (Å²) < 4.78 is 6.11. The van der Waals surface area contributed by atoms with Crippen LogP contribution in [0.15, 0.2) is 79.1 Å². The third kappa shape index (κ3) is 5.07. The van der Waals surface area contributed by atoms with Crippen LogP contribution in [-0.4, -0.2) is 28.0 Å². The second kappa shape index (κ2) is 9.78. The highest BCUT2D eigenvalue weighted by molar-refractivity contribution is 5.91. The van der Waals surface area contributed by atoms with E-state index in [4.69, 9.17) is 10.5 Å². The van der Waals surface area contributed by atoms with Gasteiger partial charge in [0.15, 0.2) is 0 Å². The lowest BCUT2D eigenvalue weighted by Gasteiger charge is -2.23. The van der Waals surface area contributed by atoms with Crippen LogP contribution in [0.5, 0.6) is 11.6 Å². The molecule has 0 radical (unpaired) electrons. The molecule has 4 rings (SSSR count). The predicted octanol–water partition coefficient (Wildman–Crippen LogP) is 4.77. The van der Waals surface area contributed by atoms with Crippen LogP contribution in [0.4, 0.5) is 16.4 Å². The van der Waals surface area contributed by atoms with Crippen molar-refractivity contribution in [2.75, 3.05) is 17.3 Å². The van der Waals surface area contributed by atoms with E-state index < -0.39 is 6.03 Å². The molecule has 2 aromatic carbocycles. The average molecular weight is 441 g/mol. The maximum Gasteiger partial charge on any atom is 0.319 e. The zero-order valence-electron chi connectivity index (χ0n) is 18.4. The molecule has 0 saturated carbocycles. The Morgan fingerprint density at radius 1 is 1.03 bits per heavy atom. The normalized spacial score (nSPS) is 10.5. The first-order chi connectivity index (χ1) is 16.0. The third-order valence-corrected chi connectivity index (χ3v) is 5.05. The molecule has 2 amide bonds. The number of aryl methyl sites for hydroxylation is 1. The number of nitrogens with two attached hydrogens (primary N) is 1. The molecule has 0 unspecified atom stereocenters. The van der Waals surface area contributed by atoms with Gasteiger partial charge in [0.05, 0.1) is 17.8 Å². The molecule has 166 valence electrons. The van der Waals surface area contributed by atoms with Crippen molar-refractivity contribution in [1.29, 1.82) is 0 Å². The zero-order valence-corrected chi connectivity index (χ0v) is 18.4. The van der Waals surface area contributed by atoms with Gasteiger partial charge in [-0.05, 0) is 54.4 Å². The Kier molecular flexibility index (Phi) is 6.45. The van der Waals surface area contributed by atoms with E-state index in [1.807, 2.05) is 61.5 Å². The van der Waals surface area contributed by atoms with Gasteiger partial charge in [-0.2, -0.15) is 0 Å². The number of anilines is 2. The van der Waals surface area contributed by atoms with Crippen LogP contribution < -0.4 is 20.7 Å². The van der Waals surface area contributed by atoms with E-state index in [0.29, 0.717) is 29.8 Å². The Labute approximate surface area is 192 Å². The molecule has 4 aromatic rings. The molecule has 2 heterocycles. The second-order valence-corrected chi connectivity index (χ2v) is 7.33. The van der Waals surface area contributed by atoms with Gasteiger partial charge in [0.1, 0.15) is 5.75 Å². The van der Waals surface area contributed by atoms with Gasteiger partial charge >= 0.3 is 6.03 Å². The standard InChI is InChI=1S/C25H24N6O2/c1-17-15-19(10-11-22(17)31(24(26)32)16-18-7-4-3-5-8-18)33-23-20(9-6-13-28-23)21-12-14-29-25(27-2)30-21/h3-15H,16H2,1-2H3,(H2,26,32)(H,27,29,30). The smallest absolute Gasteiger partial charge is 0.319 e. The summed E-state index contributed by atoms with van der Waals surface area (Å²) in [7, 11) is 1.76. The number of ether oxygens (including phenoxy) is 1. The number of hydrogen-bond acceptors (Lipinski definition) is 6. The Bertz CT molecular complexity index is 1260. The minimum atomic E-state index is -0.522. The molecule has 0 aliphatic heterocycles. The number of rotatable bonds is 7. The number of aromatic nitrogens is 3. The number of primary amides is 1. The van der Waals surface area contributed by atoms with Crippen molar-refractivity contribution in [1.82, 2.24) is 15.0 Å². The Morgan fingerprint density at radius 2 is 1.85 bits per heavy atom. The monoisotopic (exact) mass is 440 g/mol. The second-order valence-electron chi connectivity index (χ2n) is 7.33. The van der Waals surface area contributed by atoms with Gasteiger partial charge in [0.2, 0.25) is 11.8 Å². The molecule has 0 aliphatic carbocycles. The number of urea groups is 1. The molecule has 3 N–H and O–H groups in total. The molecule has 0 fully saturated rings. The quantitative estimate of drug-likeness (QED) is 0.429. The van der Waals surface area contributed by atoms with Crippen molar-refractivity contribution in [2.24, 2.45) is 5.73 Å². The number of amides is 2. The zero-order chi connectivity index (χ0) is 23.2. The van der Waals surface area contributed by atoms with Crippen LogP contribution in [-0.2, 0) is 6.54 Å². The number of carbonyl (C=O) groups is 1. The molecule has 8 heteroatoms. The summed E-state index contributed by atoms with van der Waals surface area (Å²) in [5.74, 6) is 1.51. The number of hydrogen-bond donors (Lipinski definition) is 2. The lowest BCUT2D eigenvalue weighted by Crippen LogP contribution is -2.35. The fraction of sp³-hybridized carbons (Fsp3) is 0.120. The lowest BCUT2D eigenvalue weighted by atomic mass is 10.1. The number of benzene rings is 2. The van der Waals surface area contributed by atoms with Crippen LogP contribution >= 0.6 is 0 Å². The summed E-state index contributed by atoms with van der Waals surface area (Å²) >= 11 is 0. The van der Waals surface area contributed by atoms with Crippen LogP contribution in [0, 0.1) is 6.92 Å². The van der Waals surface area contributed by atoms with E-state index in [-0.39, 0.29) is 0 Å². The first-order valence-electron chi connectivity index (χ1n) is 10.4. The molecule has 0 bridgehead atoms. The molecule has 2 aromatic heterocycles. The minimum Gasteiger partial charge on any atom is -0.438 e. The van der Waals surface area contributed by atoms with Crippen molar-refractivity contribution in [3.8, 4) is 22.9 Å². The number of nitrogens with zero attached hydrogens (tertiary/aromatic N) is 4. The maximum atomic E-state index is 12.2. The molecule has 8 nitrogen and oxygen atoms in total. The van der Waals surface area contributed by atoms with Gasteiger partial charge in [0.25, 0.3) is 0 Å². The maximum absolute atomic E-state index is 12.2. The highest BCUT2D eigenvalue weighted by Gasteiger charge is 2.17. The van der Waals surface area contributed by atoms with E-state index in [9.17, 15) is 4.79 Å².